The van der Waals surface area contributed by atoms with Gasteiger partial charge in [-0.2, -0.15) is 0 Å². The van der Waals surface area contributed by atoms with E-state index in [1.54, 1.807) is 0 Å². The van der Waals surface area contributed by atoms with E-state index in [1.165, 1.54) is 0 Å². The standard InChI is InChI=1S/C10H21N3O2/c1-2-12(4-3-11)9-10(14)13-5-7-15-8-6-13/h2-9,11H2,1H3. The number of hydrogen-bond donors (Lipinski definition) is 1. The Kier molecular flexibility index (Phi) is 5.60. The Bertz CT molecular complexity index is 193. The van der Waals surface area contributed by atoms with Gasteiger partial charge in [-0.15, -0.1) is 0 Å². The number of ether oxygens (including phenoxy) is 1. The van der Waals surface area contributed by atoms with E-state index >= 15 is 0 Å². The fraction of sp³-hybridized carbons (Fsp3) is 0.900. The minimum atomic E-state index is 0.189. The zero-order chi connectivity index (χ0) is 11.1. The summed E-state index contributed by atoms with van der Waals surface area (Å²) < 4.78 is 5.20. The Hall–Kier alpha value is -0.650. The molecule has 0 atom stereocenters. The van der Waals surface area contributed by atoms with Crippen LogP contribution in [0.15, 0.2) is 0 Å². The third kappa shape index (κ3) is 4.15. The van der Waals surface area contributed by atoms with Crippen LogP contribution in [0.4, 0.5) is 0 Å². The molecule has 0 unspecified atom stereocenters. The summed E-state index contributed by atoms with van der Waals surface area (Å²) in [5.74, 6) is 0.189. The van der Waals surface area contributed by atoms with E-state index in [-0.39, 0.29) is 5.91 Å². The van der Waals surface area contributed by atoms with Crippen molar-refractivity contribution >= 4 is 5.91 Å². The fourth-order valence-electron chi connectivity index (χ4n) is 1.64. The average Bonchev–Trinajstić information content (AvgIpc) is 2.29. The molecule has 0 saturated carbocycles. The second-order valence-corrected chi connectivity index (χ2v) is 3.65. The molecular weight excluding hydrogens is 194 g/mol. The highest BCUT2D eigenvalue weighted by Gasteiger charge is 2.18. The van der Waals surface area contributed by atoms with E-state index in [4.69, 9.17) is 10.5 Å². The van der Waals surface area contributed by atoms with Gasteiger partial charge in [-0.25, -0.2) is 0 Å². The van der Waals surface area contributed by atoms with Gasteiger partial charge in [-0.05, 0) is 6.54 Å². The van der Waals surface area contributed by atoms with Gasteiger partial charge in [0.15, 0.2) is 0 Å². The Labute approximate surface area is 91.2 Å². The summed E-state index contributed by atoms with van der Waals surface area (Å²) in [6, 6.07) is 0. The lowest BCUT2D eigenvalue weighted by atomic mass is 10.3. The van der Waals surface area contributed by atoms with Crippen molar-refractivity contribution in [3.8, 4) is 0 Å². The molecule has 0 bridgehead atoms. The van der Waals surface area contributed by atoms with E-state index in [1.807, 2.05) is 11.8 Å². The number of rotatable bonds is 5. The predicted octanol–water partition coefficient (Wildman–Crippen LogP) is -0.874. The SMILES string of the molecule is CCN(CCN)CC(=O)N1CCOCC1. The summed E-state index contributed by atoms with van der Waals surface area (Å²) in [6.45, 7) is 7.54. The number of carbonyl (C=O) groups is 1. The van der Waals surface area contributed by atoms with Crippen LogP contribution in [0.3, 0.4) is 0 Å². The highest BCUT2D eigenvalue weighted by atomic mass is 16.5. The highest BCUT2D eigenvalue weighted by molar-refractivity contribution is 5.78. The van der Waals surface area contributed by atoms with Crippen LogP contribution in [0.1, 0.15) is 6.92 Å². The number of nitrogens with two attached hydrogens (primary N) is 1. The molecule has 1 rings (SSSR count). The maximum Gasteiger partial charge on any atom is 0.236 e. The summed E-state index contributed by atoms with van der Waals surface area (Å²) >= 11 is 0. The normalized spacial score (nSPS) is 17.1. The Morgan fingerprint density at radius 3 is 2.67 bits per heavy atom. The first kappa shape index (κ1) is 12.4. The van der Waals surface area contributed by atoms with E-state index in [0.717, 1.165) is 26.2 Å². The van der Waals surface area contributed by atoms with Crippen LogP contribution in [0.2, 0.25) is 0 Å². The molecule has 1 aliphatic heterocycles. The lowest BCUT2D eigenvalue weighted by molar-refractivity contribution is -0.136. The highest BCUT2D eigenvalue weighted by Crippen LogP contribution is 1.99. The largest absolute Gasteiger partial charge is 0.378 e. The molecule has 0 aliphatic carbocycles. The predicted molar refractivity (Wildman–Crippen MR) is 58.6 cm³/mol. The molecule has 0 radical (unpaired) electrons. The molecule has 1 fully saturated rings. The molecule has 1 amide bonds. The molecule has 1 heterocycles. The quantitative estimate of drug-likeness (QED) is 0.647. The van der Waals surface area contributed by atoms with Crippen molar-refractivity contribution in [2.24, 2.45) is 5.73 Å². The van der Waals surface area contributed by atoms with Crippen molar-refractivity contribution in [3.05, 3.63) is 0 Å². The van der Waals surface area contributed by atoms with Crippen molar-refractivity contribution in [2.75, 3.05) is 52.5 Å². The van der Waals surface area contributed by atoms with Crippen molar-refractivity contribution in [1.82, 2.24) is 9.80 Å². The summed E-state index contributed by atoms with van der Waals surface area (Å²) in [7, 11) is 0. The zero-order valence-electron chi connectivity index (χ0n) is 9.45. The van der Waals surface area contributed by atoms with Crippen LogP contribution >= 0.6 is 0 Å². The first-order valence-corrected chi connectivity index (χ1v) is 5.56. The van der Waals surface area contributed by atoms with E-state index in [2.05, 4.69) is 4.90 Å². The lowest BCUT2D eigenvalue weighted by Gasteiger charge is -2.29. The number of carbonyl (C=O) groups excluding carboxylic acids is 1. The van der Waals surface area contributed by atoms with Gasteiger partial charge in [0, 0.05) is 26.2 Å². The van der Waals surface area contributed by atoms with Crippen LogP contribution in [0.5, 0.6) is 0 Å². The van der Waals surface area contributed by atoms with Gasteiger partial charge < -0.3 is 15.4 Å². The van der Waals surface area contributed by atoms with Crippen LogP contribution in [0, 0.1) is 0 Å². The summed E-state index contributed by atoms with van der Waals surface area (Å²) in [5, 5.41) is 0. The molecule has 88 valence electrons. The van der Waals surface area contributed by atoms with Crippen molar-refractivity contribution in [2.45, 2.75) is 6.92 Å². The molecule has 1 aliphatic rings. The van der Waals surface area contributed by atoms with Gasteiger partial charge in [0.25, 0.3) is 0 Å². The van der Waals surface area contributed by atoms with Crippen molar-refractivity contribution < 1.29 is 9.53 Å². The van der Waals surface area contributed by atoms with Gasteiger partial charge in [0.2, 0.25) is 5.91 Å². The van der Waals surface area contributed by atoms with Crippen LogP contribution in [0.25, 0.3) is 0 Å². The molecular formula is C10H21N3O2. The molecule has 1 saturated heterocycles. The second-order valence-electron chi connectivity index (χ2n) is 3.65. The molecule has 2 N–H and O–H groups in total. The Balaban J connectivity index is 2.31. The second kappa shape index (κ2) is 6.76. The minimum absolute atomic E-state index is 0.189. The summed E-state index contributed by atoms with van der Waals surface area (Å²) in [6.07, 6.45) is 0. The topological polar surface area (TPSA) is 58.8 Å². The molecule has 5 heteroatoms. The van der Waals surface area contributed by atoms with Gasteiger partial charge in [0.1, 0.15) is 0 Å². The molecule has 0 aromatic rings. The van der Waals surface area contributed by atoms with Crippen LogP contribution in [-0.4, -0.2) is 68.2 Å². The van der Waals surface area contributed by atoms with Crippen LogP contribution < -0.4 is 5.73 Å². The maximum absolute atomic E-state index is 11.8. The van der Waals surface area contributed by atoms with Crippen molar-refractivity contribution in [3.63, 3.8) is 0 Å². The average molecular weight is 215 g/mol. The number of likely N-dealkylation sites (N-methyl/N-ethyl adjacent to an activating group) is 1. The zero-order valence-corrected chi connectivity index (χ0v) is 9.45. The van der Waals surface area contributed by atoms with E-state index < -0.39 is 0 Å². The monoisotopic (exact) mass is 215 g/mol. The lowest BCUT2D eigenvalue weighted by Crippen LogP contribution is -2.46. The van der Waals surface area contributed by atoms with E-state index in [9.17, 15) is 4.79 Å². The first-order valence-electron chi connectivity index (χ1n) is 5.56. The number of nitrogens with zero attached hydrogens (tertiary/aromatic N) is 2. The Morgan fingerprint density at radius 2 is 2.13 bits per heavy atom. The first-order chi connectivity index (χ1) is 7.27. The van der Waals surface area contributed by atoms with Gasteiger partial charge in [-0.3, -0.25) is 9.69 Å². The molecule has 15 heavy (non-hydrogen) atoms. The molecule has 0 aromatic heterocycles. The summed E-state index contributed by atoms with van der Waals surface area (Å²) in [5.41, 5.74) is 5.47. The number of hydrogen-bond acceptors (Lipinski definition) is 4. The number of morpholine rings is 1. The maximum atomic E-state index is 11.8. The van der Waals surface area contributed by atoms with Gasteiger partial charge in [0.05, 0.1) is 19.8 Å². The molecule has 0 aromatic carbocycles. The van der Waals surface area contributed by atoms with Gasteiger partial charge in [-0.1, -0.05) is 6.92 Å². The summed E-state index contributed by atoms with van der Waals surface area (Å²) in [4.78, 5) is 15.8. The molecule has 0 spiro atoms. The smallest absolute Gasteiger partial charge is 0.236 e. The van der Waals surface area contributed by atoms with Crippen molar-refractivity contribution in [1.29, 1.82) is 0 Å². The van der Waals surface area contributed by atoms with Gasteiger partial charge >= 0.3 is 0 Å². The molecule has 5 nitrogen and oxygen atoms in total. The fourth-order valence-corrected chi connectivity index (χ4v) is 1.64. The minimum Gasteiger partial charge on any atom is -0.378 e. The van der Waals surface area contributed by atoms with E-state index in [0.29, 0.717) is 26.3 Å². The number of amides is 1. The van der Waals surface area contributed by atoms with Crippen LogP contribution in [-0.2, 0) is 9.53 Å². The third-order valence-corrected chi connectivity index (χ3v) is 2.62. The Morgan fingerprint density at radius 1 is 1.47 bits per heavy atom. The third-order valence-electron chi connectivity index (χ3n) is 2.62.